The van der Waals surface area contributed by atoms with Crippen molar-refractivity contribution >= 4 is 17.4 Å². The van der Waals surface area contributed by atoms with E-state index in [9.17, 15) is 13.2 Å². The highest BCUT2D eigenvalue weighted by atomic mass is 35.5. The molecule has 1 rings (SSSR count). The lowest BCUT2D eigenvalue weighted by Crippen LogP contribution is -2.38. The molecular formula is C11H12ClF3N2O. The summed E-state index contributed by atoms with van der Waals surface area (Å²) in [6.45, 7) is -0.654. The Balaban J connectivity index is 2.49. The smallest absolute Gasteiger partial charge is 0.387 e. The summed E-state index contributed by atoms with van der Waals surface area (Å²) in [4.78, 5) is 0. The second kappa shape index (κ2) is 6.06. The predicted octanol–water partition coefficient (Wildman–Crippen LogP) is 2.97. The van der Waals surface area contributed by atoms with Gasteiger partial charge in [-0.25, -0.2) is 0 Å². The van der Waals surface area contributed by atoms with Gasteiger partial charge in [-0.15, -0.1) is 0 Å². The summed E-state index contributed by atoms with van der Waals surface area (Å²) in [6.07, 6.45) is -4.56. The van der Waals surface area contributed by atoms with Crippen LogP contribution in [0.1, 0.15) is 5.56 Å². The van der Waals surface area contributed by atoms with Crippen molar-refractivity contribution in [3.63, 3.8) is 0 Å². The minimum Gasteiger partial charge on any atom is -0.387 e. The van der Waals surface area contributed by atoms with E-state index in [0.717, 1.165) is 0 Å². The molecule has 0 saturated carbocycles. The second-order valence-electron chi connectivity index (χ2n) is 3.69. The van der Waals surface area contributed by atoms with Gasteiger partial charge in [-0.05, 0) is 17.7 Å². The lowest BCUT2D eigenvalue weighted by atomic mass is 10.1. The number of amidine groups is 1. The zero-order valence-electron chi connectivity index (χ0n) is 9.30. The molecular weight excluding hydrogens is 269 g/mol. The van der Waals surface area contributed by atoms with Crippen LogP contribution in [-0.2, 0) is 11.3 Å². The summed E-state index contributed by atoms with van der Waals surface area (Å²) >= 11 is 5.66. The minimum atomic E-state index is -4.56. The van der Waals surface area contributed by atoms with Gasteiger partial charge in [0, 0.05) is 5.02 Å². The Kier molecular flexibility index (Phi) is 4.98. The Morgan fingerprint density at radius 3 is 2.33 bits per heavy atom. The Bertz CT molecular complexity index is 406. The Morgan fingerprint density at radius 2 is 1.89 bits per heavy atom. The molecule has 1 aromatic carbocycles. The Morgan fingerprint density at radius 1 is 1.33 bits per heavy atom. The monoisotopic (exact) mass is 280 g/mol. The van der Waals surface area contributed by atoms with E-state index in [4.69, 9.17) is 27.5 Å². The lowest BCUT2D eigenvalue weighted by molar-refractivity contribution is -0.169. The fourth-order valence-corrected chi connectivity index (χ4v) is 1.36. The quantitative estimate of drug-likeness (QED) is 0.643. The first-order valence-corrected chi connectivity index (χ1v) is 5.41. The molecule has 18 heavy (non-hydrogen) atoms. The first-order valence-electron chi connectivity index (χ1n) is 5.03. The normalized spacial score (nSPS) is 13.3. The topological polar surface area (TPSA) is 59.1 Å². The number of rotatable bonds is 5. The molecule has 0 aromatic heterocycles. The van der Waals surface area contributed by atoms with Crippen molar-refractivity contribution in [2.75, 3.05) is 6.61 Å². The molecule has 7 heteroatoms. The Hall–Kier alpha value is -1.27. The van der Waals surface area contributed by atoms with Gasteiger partial charge in [-0.3, -0.25) is 5.41 Å². The van der Waals surface area contributed by atoms with E-state index in [1.54, 1.807) is 24.3 Å². The fraction of sp³-hybridized carbons (Fsp3) is 0.364. The number of hydrogen-bond acceptors (Lipinski definition) is 2. The Labute approximate surface area is 107 Å². The van der Waals surface area contributed by atoms with Gasteiger partial charge in [0.1, 0.15) is 11.8 Å². The number of alkyl halides is 3. The minimum absolute atomic E-state index is 0.0109. The van der Waals surface area contributed by atoms with Crippen LogP contribution in [0.4, 0.5) is 13.2 Å². The molecule has 3 nitrogen and oxygen atoms in total. The molecule has 0 saturated heterocycles. The molecule has 0 aliphatic rings. The number of hydrogen-bond donors (Lipinski definition) is 2. The van der Waals surface area contributed by atoms with Crippen LogP contribution in [0.5, 0.6) is 0 Å². The van der Waals surface area contributed by atoms with Gasteiger partial charge in [-0.2, -0.15) is 13.2 Å². The van der Waals surface area contributed by atoms with Crippen molar-refractivity contribution in [2.24, 2.45) is 11.7 Å². The molecule has 0 spiro atoms. The van der Waals surface area contributed by atoms with E-state index in [1.807, 2.05) is 0 Å². The molecule has 1 unspecified atom stereocenters. The van der Waals surface area contributed by atoms with Crippen molar-refractivity contribution in [3.8, 4) is 0 Å². The van der Waals surface area contributed by atoms with Gasteiger partial charge in [-0.1, -0.05) is 23.7 Å². The molecule has 0 fully saturated rings. The summed E-state index contributed by atoms with van der Waals surface area (Å²) < 4.78 is 42.2. The highest BCUT2D eigenvalue weighted by molar-refractivity contribution is 6.30. The third kappa shape index (κ3) is 4.54. The van der Waals surface area contributed by atoms with Crippen molar-refractivity contribution in [1.29, 1.82) is 5.41 Å². The van der Waals surface area contributed by atoms with Crippen LogP contribution in [0.2, 0.25) is 5.02 Å². The zero-order chi connectivity index (χ0) is 13.8. The van der Waals surface area contributed by atoms with Crippen LogP contribution in [0.3, 0.4) is 0 Å². The van der Waals surface area contributed by atoms with E-state index in [0.29, 0.717) is 10.6 Å². The third-order valence-electron chi connectivity index (χ3n) is 2.24. The maximum absolute atomic E-state index is 12.4. The van der Waals surface area contributed by atoms with Gasteiger partial charge in [0.25, 0.3) is 0 Å². The van der Waals surface area contributed by atoms with E-state index in [2.05, 4.69) is 0 Å². The van der Waals surface area contributed by atoms with Gasteiger partial charge >= 0.3 is 6.18 Å². The number of benzene rings is 1. The zero-order valence-corrected chi connectivity index (χ0v) is 10.1. The molecule has 0 heterocycles. The summed E-state index contributed by atoms with van der Waals surface area (Å²) in [5.74, 6) is -3.01. The van der Waals surface area contributed by atoms with E-state index in [1.165, 1.54) is 0 Å². The molecule has 1 atom stereocenters. The first kappa shape index (κ1) is 14.8. The highest BCUT2D eigenvalue weighted by Crippen LogP contribution is 2.26. The third-order valence-corrected chi connectivity index (χ3v) is 2.49. The van der Waals surface area contributed by atoms with E-state index in [-0.39, 0.29) is 6.61 Å². The molecule has 0 aliphatic carbocycles. The standard InChI is InChI=1S/C11H12ClF3N2O/c12-8-3-1-7(2-4-8)5-18-6-9(10(16)17)11(13,14)15/h1-4,9H,5-6H2,(H3,16,17). The second-order valence-corrected chi connectivity index (χ2v) is 4.13. The molecule has 0 radical (unpaired) electrons. The molecule has 3 N–H and O–H groups in total. The number of ether oxygens (including phenoxy) is 1. The summed E-state index contributed by atoms with van der Waals surface area (Å²) in [7, 11) is 0. The van der Waals surface area contributed by atoms with Crippen LogP contribution in [0, 0.1) is 11.3 Å². The van der Waals surface area contributed by atoms with Crippen molar-refractivity contribution in [3.05, 3.63) is 34.9 Å². The average Bonchev–Trinajstić information content (AvgIpc) is 2.24. The summed E-state index contributed by atoms with van der Waals surface area (Å²) in [5.41, 5.74) is 5.59. The molecule has 100 valence electrons. The maximum Gasteiger partial charge on any atom is 0.400 e. The average molecular weight is 281 g/mol. The summed E-state index contributed by atoms with van der Waals surface area (Å²) in [5, 5.41) is 7.42. The maximum atomic E-state index is 12.4. The van der Waals surface area contributed by atoms with Gasteiger partial charge < -0.3 is 10.5 Å². The first-order chi connectivity index (χ1) is 8.30. The van der Waals surface area contributed by atoms with Crippen LogP contribution in [0.15, 0.2) is 24.3 Å². The van der Waals surface area contributed by atoms with Crippen molar-refractivity contribution in [1.82, 2.24) is 0 Å². The van der Waals surface area contributed by atoms with Gasteiger partial charge in [0.15, 0.2) is 0 Å². The SMILES string of the molecule is N=C(N)C(COCc1ccc(Cl)cc1)C(F)(F)F. The van der Waals surface area contributed by atoms with Crippen LogP contribution in [-0.4, -0.2) is 18.6 Å². The molecule has 0 amide bonds. The lowest BCUT2D eigenvalue weighted by Gasteiger charge is -2.18. The number of halogens is 4. The molecule has 1 aromatic rings. The largest absolute Gasteiger partial charge is 0.400 e. The number of nitrogens with one attached hydrogen (secondary N) is 1. The van der Waals surface area contributed by atoms with Crippen molar-refractivity contribution in [2.45, 2.75) is 12.8 Å². The predicted molar refractivity (Wildman–Crippen MR) is 62.6 cm³/mol. The van der Waals surface area contributed by atoms with Gasteiger partial charge in [0.2, 0.25) is 0 Å². The molecule has 0 aliphatic heterocycles. The highest BCUT2D eigenvalue weighted by Gasteiger charge is 2.42. The fourth-order valence-electron chi connectivity index (χ4n) is 1.24. The van der Waals surface area contributed by atoms with E-state index < -0.39 is 24.5 Å². The van der Waals surface area contributed by atoms with Crippen LogP contribution < -0.4 is 5.73 Å². The number of nitrogens with two attached hydrogens (primary N) is 1. The van der Waals surface area contributed by atoms with Crippen LogP contribution in [0.25, 0.3) is 0 Å². The van der Waals surface area contributed by atoms with E-state index >= 15 is 0 Å². The van der Waals surface area contributed by atoms with Crippen LogP contribution >= 0.6 is 11.6 Å². The van der Waals surface area contributed by atoms with Gasteiger partial charge in [0.05, 0.1) is 13.2 Å². The van der Waals surface area contributed by atoms with Crippen molar-refractivity contribution < 1.29 is 17.9 Å². The molecule has 0 bridgehead atoms. The summed E-state index contributed by atoms with van der Waals surface area (Å²) in [6, 6.07) is 6.54.